The van der Waals surface area contributed by atoms with Gasteiger partial charge in [0.05, 0.1) is 5.01 Å². The van der Waals surface area contributed by atoms with Crippen molar-refractivity contribution in [1.82, 2.24) is 15.0 Å². The van der Waals surface area contributed by atoms with Crippen molar-refractivity contribution in [3.63, 3.8) is 0 Å². The molecule has 1 unspecified atom stereocenters. The Kier molecular flexibility index (Phi) is 3.00. The monoisotopic (exact) mass is 246 g/mol. The van der Waals surface area contributed by atoms with E-state index in [0.717, 1.165) is 18.9 Å². The number of nitrogens with zero attached hydrogens (tertiary/aromatic N) is 4. The van der Waals surface area contributed by atoms with Crippen LogP contribution in [-0.4, -0.2) is 28.0 Å². The summed E-state index contributed by atoms with van der Waals surface area (Å²) in [6.45, 7) is 2.10. The van der Waals surface area contributed by atoms with Gasteiger partial charge in [0.1, 0.15) is 12.1 Å². The quantitative estimate of drug-likeness (QED) is 0.815. The van der Waals surface area contributed by atoms with Crippen LogP contribution in [0, 0.1) is 0 Å². The average Bonchev–Trinajstić information content (AvgIpc) is 2.94. The highest BCUT2D eigenvalue weighted by Crippen LogP contribution is 2.29. The van der Waals surface area contributed by atoms with Crippen LogP contribution in [0.4, 0.5) is 5.82 Å². The predicted octanol–water partition coefficient (Wildman–Crippen LogP) is 2.32. The normalized spacial score (nSPS) is 20.5. The third kappa shape index (κ3) is 2.29. The maximum atomic E-state index is 4.43. The summed E-state index contributed by atoms with van der Waals surface area (Å²) in [5.74, 6) is 1.58. The molecule has 0 bridgehead atoms. The van der Waals surface area contributed by atoms with E-state index in [1.165, 1.54) is 17.8 Å². The molecule has 17 heavy (non-hydrogen) atoms. The van der Waals surface area contributed by atoms with Crippen molar-refractivity contribution < 1.29 is 0 Å². The molecule has 0 saturated carbocycles. The van der Waals surface area contributed by atoms with Crippen LogP contribution in [0.3, 0.4) is 0 Å². The SMILES string of the molecule is c1cc(N2CCCC(c3nccs3)C2)ncn1. The van der Waals surface area contributed by atoms with Crippen LogP contribution >= 0.6 is 11.3 Å². The zero-order valence-electron chi connectivity index (χ0n) is 9.49. The van der Waals surface area contributed by atoms with Gasteiger partial charge in [0.2, 0.25) is 0 Å². The first-order valence-corrected chi connectivity index (χ1v) is 6.72. The van der Waals surface area contributed by atoms with Gasteiger partial charge in [-0.1, -0.05) is 0 Å². The fourth-order valence-corrected chi connectivity index (χ4v) is 3.06. The van der Waals surface area contributed by atoms with E-state index < -0.39 is 0 Å². The van der Waals surface area contributed by atoms with E-state index >= 15 is 0 Å². The maximum Gasteiger partial charge on any atom is 0.131 e. The highest BCUT2D eigenvalue weighted by atomic mass is 32.1. The molecule has 5 heteroatoms. The molecule has 1 atom stereocenters. The van der Waals surface area contributed by atoms with E-state index in [1.54, 1.807) is 23.9 Å². The van der Waals surface area contributed by atoms with Crippen molar-refractivity contribution in [2.45, 2.75) is 18.8 Å². The van der Waals surface area contributed by atoms with Gasteiger partial charge < -0.3 is 4.90 Å². The molecule has 2 aromatic rings. The highest BCUT2D eigenvalue weighted by molar-refractivity contribution is 7.09. The predicted molar refractivity (Wildman–Crippen MR) is 68.3 cm³/mol. The molecule has 0 amide bonds. The van der Waals surface area contributed by atoms with Gasteiger partial charge in [-0.25, -0.2) is 15.0 Å². The lowest BCUT2D eigenvalue weighted by Gasteiger charge is -2.32. The lowest BCUT2D eigenvalue weighted by Crippen LogP contribution is -2.34. The molecule has 2 aromatic heterocycles. The minimum Gasteiger partial charge on any atom is -0.356 e. The third-order valence-corrected chi connectivity index (χ3v) is 4.05. The fraction of sp³-hybridized carbons (Fsp3) is 0.417. The average molecular weight is 246 g/mol. The second-order valence-corrected chi connectivity index (χ2v) is 5.15. The van der Waals surface area contributed by atoms with Crippen LogP contribution in [0.15, 0.2) is 30.2 Å². The Hall–Kier alpha value is -1.49. The van der Waals surface area contributed by atoms with E-state index in [9.17, 15) is 0 Å². The summed E-state index contributed by atoms with van der Waals surface area (Å²) < 4.78 is 0. The Balaban J connectivity index is 1.76. The number of thiazole rings is 1. The second-order valence-electron chi connectivity index (χ2n) is 4.22. The number of hydrogen-bond acceptors (Lipinski definition) is 5. The van der Waals surface area contributed by atoms with Gasteiger partial charge in [0.25, 0.3) is 0 Å². The topological polar surface area (TPSA) is 41.9 Å². The molecular weight excluding hydrogens is 232 g/mol. The number of hydrogen-bond donors (Lipinski definition) is 0. The zero-order chi connectivity index (χ0) is 11.5. The molecular formula is C12H14N4S. The summed E-state index contributed by atoms with van der Waals surface area (Å²) in [5, 5.41) is 3.31. The van der Waals surface area contributed by atoms with Crippen LogP contribution in [0.5, 0.6) is 0 Å². The first kappa shape index (κ1) is 10.7. The van der Waals surface area contributed by atoms with Crippen LogP contribution in [0.25, 0.3) is 0 Å². The third-order valence-electron chi connectivity index (χ3n) is 3.11. The molecule has 0 spiro atoms. The summed E-state index contributed by atoms with van der Waals surface area (Å²) in [6.07, 6.45) is 7.74. The molecule has 0 aliphatic carbocycles. The first-order chi connectivity index (χ1) is 8.43. The van der Waals surface area contributed by atoms with Crippen LogP contribution in [0.2, 0.25) is 0 Å². The van der Waals surface area contributed by atoms with E-state index in [4.69, 9.17) is 0 Å². The van der Waals surface area contributed by atoms with Crippen molar-refractivity contribution in [3.8, 4) is 0 Å². The Morgan fingerprint density at radius 2 is 2.29 bits per heavy atom. The van der Waals surface area contributed by atoms with Gasteiger partial charge in [-0.2, -0.15) is 0 Å². The number of aromatic nitrogens is 3. The van der Waals surface area contributed by atoms with Crippen molar-refractivity contribution >= 4 is 17.2 Å². The molecule has 3 rings (SSSR count). The Morgan fingerprint density at radius 1 is 1.29 bits per heavy atom. The van der Waals surface area contributed by atoms with Crippen LogP contribution in [0.1, 0.15) is 23.8 Å². The molecule has 0 radical (unpaired) electrons. The first-order valence-electron chi connectivity index (χ1n) is 5.84. The summed E-state index contributed by atoms with van der Waals surface area (Å²) in [4.78, 5) is 15.0. The van der Waals surface area contributed by atoms with Crippen molar-refractivity contribution in [1.29, 1.82) is 0 Å². The van der Waals surface area contributed by atoms with Gasteiger partial charge >= 0.3 is 0 Å². The van der Waals surface area contributed by atoms with Crippen LogP contribution < -0.4 is 4.90 Å². The molecule has 0 N–H and O–H groups in total. The van der Waals surface area contributed by atoms with Gasteiger partial charge in [-0.05, 0) is 18.9 Å². The maximum absolute atomic E-state index is 4.43. The van der Waals surface area contributed by atoms with E-state index in [-0.39, 0.29) is 0 Å². The molecule has 0 aromatic carbocycles. The van der Waals surface area contributed by atoms with E-state index in [2.05, 4.69) is 25.2 Å². The van der Waals surface area contributed by atoms with Gasteiger partial charge in [-0.3, -0.25) is 0 Å². The molecule has 4 nitrogen and oxygen atoms in total. The summed E-state index contributed by atoms with van der Waals surface area (Å²) in [5.41, 5.74) is 0. The summed E-state index contributed by atoms with van der Waals surface area (Å²) in [7, 11) is 0. The molecule has 1 aliphatic rings. The molecule has 1 aliphatic heterocycles. The van der Waals surface area contributed by atoms with Gasteiger partial charge in [0, 0.05) is 36.8 Å². The zero-order valence-corrected chi connectivity index (χ0v) is 10.3. The van der Waals surface area contributed by atoms with E-state index in [0.29, 0.717) is 5.92 Å². The molecule has 88 valence electrons. The summed E-state index contributed by atoms with van der Waals surface area (Å²) in [6, 6.07) is 1.98. The smallest absolute Gasteiger partial charge is 0.131 e. The molecule has 1 saturated heterocycles. The summed E-state index contributed by atoms with van der Waals surface area (Å²) >= 11 is 1.76. The minimum atomic E-state index is 0.554. The van der Waals surface area contributed by atoms with E-state index in [1.807, 2.05) is 12.3 Å². The number of anilines is 1. The lowest BCUT2D eigenvalue weighted by atomic mass is 9.99. The second kappa shape index (κ2) is 4.79. The number of piperidine rings is 1. The highest BCUT2D eigenvalue weighted by Gasteiger charge is 2.23. The standard InChI is InChI=1S/C12H14N4S/c1-2-10(12-14-5-7-17-12)8-16(6-1)11-3-4-13-9-15-11/h3-5,7,9-10H,1-2,6,8H2. The number of rotatable bonds is 2. The van der Waals surface area contributed by atoms with Gasteiger partial charge in [0.15, 0.2) is 0 Å². The van der Waals surface area contributed by atoms with Crippen LogP contribution in [-0.2, 0) is 0 Å². The van der Waals surface area contributed by atoms with Crippen molar-refractivity contribution in [3.05, 3.63) is 35.2 Å². The molecule has 1 fully saturated rings. The lowest BCUT2D eigenvalue weighted by molar-refractivity contribution is 0.505. The fourth-order valence-electron chi connectivity index (χ4n) is 2.29. The Labute approximate surface area is 104 Å². The van der Waals surface area contributed by atoms with Gasteiger partial charge in [-0.15, -0.1) is 11.3 Å². The largest absolute Gasteiger partial charge is 0.356 e. The van der Waals surface area contributed by atoms with Crippen molar-refractivity contribution in [2.24, 2.45) is 0 Å². The Morgan fingerprint density at radius 3 is 3.06 bits per heavy atom. The Bertz CT molecular complexity index is 457. The minimum absolute atomic E-state index is 0.554. The van der Waals surface area contributed by atoms with Crippen molar-refractivity contribution in [2.75, 3.05) is 18.0 Å². The molecule has 3 heterocycles.